The Kier molecular flexibility index (Phi) is 5.34. The summed E-state index contributed by atoms with van der Waals surface area (Å²) in [5, 5.41) is 2.85. The van der Waals surface area contributed by atoms with Crippen LogP contribution in [0.4, 0.5) is 5.69 Å². The minimum absolute atomic E-state index is 0.0470. The number of hydrogen-bond donors (Lipinski definition) is 2. The molecule has 1 heterocycles. The summed E-state index contributed by atoms with van der Waals surface area (Å²) < 4.78 is 6.75. The molecule has 2 rings (SSSR count). The second kappa shape index (κ2) is 7.44. The summed E-state index contributed by atoms with van der Waals surface area (Å²) in [6.45, 7) is 1.48. The third-order valence-corrected chi connectivity index (χ3v) is 3.02. The van der Waals surface area contributed by atoms with E-state index in [1.165, 1.54) is 0 Å². The van der Waals surface area contributed by atoms with Crippen molar-refractivity contribution in [1.82, 2.24) is 14.9 Å². The zero-order valence-electron chi connectivity index (χ0n) is 12.1. The predicted octanol–water partition coefficient (Wildman–Crippen LogP) is 1.28. The Morgan fingerprint density at radius 1 is 1.48 bits per heavy atom. The van der Waals surface area contributed by atoms with Gasteiger partial charge < -0.3 is 20.4 Å². The van der Waals surface area contributed by atoms with Gasteiger partial charge in [-0.2, -0.15) is 0 Å². The number of hydrogen-bond acceptors (Lipinski definition) is 4. The molecule has 0 aliphatic rings. The van der Waals surface area contributed by atoms with Crippen molar-refractivity contribution in [3.8, 4) is 11.4 Å². The summed E-state index contributed by atoms with van der Waals surface area (Å²) in [5.74, 6) is 0.684. The lowest BCUT2D eigenvalue weighted by Crippen LogP contribution is -2.29. The Hall–Kier alpha value is -2.34. The standard InChI is InChI=1S/C15H20N4O2/c1-21-9-3-6-17-14(20)11-19-8-7-18-15(19)12-4-2-5-13(16)10-12/h2,4-5,7-8,10H,3,6,9,11,16H2,1H3,(H,17,20). The highest BCUT2D eigenvalue weighted by molar-refractivity contribution is 5.76. The average molecular weight is 288 g/mol. The fourth-order valence-electron chi connectivity index (χ4n) is 2.03. The summed E-state index contributed by atoms with van der Waals surface area (Å²) in [7, 11) is 1.64. The Bertz CT molecular complexity index is 595. The van der Waals surface area contributed by atoms with Crippen molar-refractivity contribution in [3.05, 3.63) is 36.7 Å². The lowest BCUT2D eigenvalue weighted by Gasteiger charge is -2.09. The zero-order valence-corrected chi connectivity index (χ0v) is 12.1. The van der Waals surface area contributed by atoms with E-state index in [9.17, 15) is 4.79 Å². The van der Waals surface area contributed by atoms with E-state index in [-0.39, 0.29) is 12.5 Å². The van der Waals surface area contributed by atoms with Crippen LogP contribution < -0.4 is 11.1 Å². The van der Waals surface area contributed by atoms with Gasteiger partial charge in [0.05, 0.1) is 0 Å². The first-order chi connectivity index (χ1) is 10.2. The second-order valence-corrected chi connectivity index (χ2v) is 4.70. The van der Waals surface area contributed by atoms with Crippen molar-refractivity contribution < 1.29 is 9.53 Å². The first-order valence-electron chi connectivity index (χ1n) is 6.83. The Balaban J connectivity index is 1.99. The summed E-state index contributed by atoms with van der Waals surface area (Å²) in [6, 6.07) is 7.45. The predicted molar refractivity (Wildman–Crippen MR) is 81.6 cm³/mol. The highest BCUT2D eigenvalue weighted by atomic mass is 16.5. The highest BCUT2D eigenvalue weighted by Gasteiger charge is 2.09. The van der Waals surface area contributed by atoms with Gasteiger partial charge in [-0.25, -0.2) is 4.98 Å². The second-order valence-electron chi connectivity index (χ2n) is 4.70. The van der Waals surface area contributed by atoms with Crippen LogP contribution in [-0.2, 0) is 16.1 Å². The number of carbonyl (C=O) groups is 1. The number of amides is 1. The van der Waals surface area contributed by atoms with Gasteiger partial charge in [-0.15, -0.1) is 0 Å². The van der Waals surface area contributed by atoms with Crippen molar-refractivity contribution in [2.45, 2.75) is 13.0 Å². The largest absolute Gasteiger partial charge is 0.399 e. The van der Waals surface area contributed by atoms with Crippen LogP contribution in [0.1, 0.15) is 6.42 Å². The molecule has 0 fully saturated rings. The van der Waals surface area contributed by atoms with Gasteiger partial charge in [0.15, 0.2) is 0 Å². The van der Waals surface area contributed by atoms with E-state index in [2.05, 4.69) is 10.3 Å². The van der Waals surface area contributed by atoms with Gasteiger partial charge in [-0.05, 0) is 18.6 Å². The topological polar surface area (TPSA) is 82.2 Å². The molecule has 6 nitrogen and oxygen atoms in total. The van der Waals surface area contributed by atoms with E-state index in [0.29, 0.717) is 18.8 Å². The number of nitrogen functional groups attached to an aromatic ring is 1. The fraction of sp³-hybridized carbons (Fsp3) is 0.333. The zero-order chi connectivity index (χ0) is 15.1. The molecule has 0 bridgehead atoms. The highest BCUT2D eigenvalue weighted by Crippen LogP contribution is 2.19. The molecule has 0 radical (unpaired) electrons. The third-order valence-electron chi connectivity index (χ3n) is 3.02. The molecule has 0 saturated heterocycles. The number of anilines is 1. The van der Waals surface area contributed by atoms with Crippen LogP contribution in [0.25, 0.3) is 11.4 Å². The van der Waals surface area contributed by atoms with Gasteiger partial charge in [0.25, 0.3) is 0 Å². The summed E-state index contributed by atoms with van der Waals surface area (Å²) in [4.78, 5) is 16.2. The number of nitrogens with one attached hydrogen (secondary N) is 1. The SMILES string of the molecule is COCCCNC(=O)Cn1ccnc1-c1cccc(N)c1. The molecule has 0 saturated carbocycles. The number of nitrogens with two attached hydrogens (primary N) is 1. The number of rotatable bonds is 7. The van der Waals surface area contributed by atoms with E-state index < -0.39 is 0 Å². The molecule has 0 aliphatic carbocycles. The normalized spacial score (nSPS) is 10.5. The van der Waals surface area contributed by atoms with Crippen LogP contribution in [0.15, 0.2) is 36.7 Å². The fourth-order valence-corrected chi connectivity index (χ4v) is 2.03. The Morgan fingerprint density at radius 3 is 3.10 bits per heavy atom. The lowest BCUT2D eigenvalue weighted by atomic mass is 10.2. The van der Waals surface area contributed by atoms with E-state index in [1.807, 2.05) is 24.3 Å². The van der Waals surface area contributed by atoms with E-state index in [4.69, 9.17) is 10.5 Å². The van der Waals surface area contributed by atoms with Crippen LogP contribution in [0.5, 0.6) is 0 Å². The van der Waals surface area contributed by atoms with E-state index >= 15 is 0 Å². The molecule has 21 heavy (non-hydrogen) atoms. The molecular weight excluding hydrogens is 268 g/mol. The minimum Gasteiger partial charge on any atom is -0.399 e. The Labute approximate surface area is 123 Å². The van der Waals surface area contributed by atoms with Crippen molar-refractivity contribution in [3.63, 3.8) is 0 Å². The number of carbonyl (C=O) groups excluding carboxylic acids is 1. The lowest BCUT2D eigenvalue weighted by molar-refractivity contribution is -0.121. The molecule has 1 aromatic heterocycles. The van der Waals surface area contributed by atoms with Crippen LogP contribution >= 0.6 is 0 Å². The van der Waals surface area contributed by atoms with Gasteiger partial charge in [-0.3, -0.25) is 4.79 Å². The van der Waals surface area contributed by atoms with Crippen LogP contribution in [0.3, 0.4) is 0 Å². The first-order valence-corrected chi connectivity index (χ1v) is 6.83. The maximum atomic E-state index is 11.9. The number of methoxy groups -OCH3 is 1. The van der Waals surface area contributed by atoms with Crippen molar-refractivity contribution in [2.24, 2.45) is 0 Å². The quantitative estimate of drug-likeness (QED) is 0.594. The molecule has 0 atom stereocenters. The number of ether oxygens (including phenoxy) is 1. The molecule has 0 spiro atoms. The maximum absolute atomic E-state index is 11.9. The molecular formula is C15H20N4O2. The van der Waals surface area contributed by atoms with E-state index in [1.54, 1.807) is 24.1 Å². The Morgan fingerprint density at radius 2 is 2.33 bits per heavy atom. The van der Waals surface area contributed by atoms with E-state index in [0.717, 1.165) is 17.8 Å². The van der Waals surface area contributed by atoms with Gasteiger partial charge >= 0.3 is 0 Å². The molecule has 112 valence electrons. The van der Waals surface area contributed by atoms with Gasteiger partial charge in [0.1, 0.15) is 12.4 Å². The number of nitrogens with zero attached hydrogens (tertiary/aromatic N) is 2. The monoisotopic (exact) mass is 288 g/mol. The van der Waals surface area contributed by atoms with Crippen molar-refractivity contribution in [2.75, 3.05) is 26.0 Å². The molecule has 1 amide bonds. The van der Waals surface area contributed by atoms with Gasteiger partial charge in [-0.1, -0.05) is 12.1 Å². The molecule has 1 aromatic carbocycles. The number of aromatic nitrogens is 2. The third kappa shape index (κ3) is 4.32. The molecule has 2 aromatic rings. The summed E-state index contributed by atoms with van der Waals surface area (Å²) in [6.07, 6.45) is 4.26. The summed E-state index contributed by atoms with van der Waals surface area (Å²) in [5.41, 5.74) is 7.35. The maximum Gasteiger partial charge on any atom is 0.239 e. The van der Waals surface area contributed by atoms with Crippen LogP contribution in [-0.4, -0.2) is 35.7 Å². The molecule has 3 N–H and O–H groups in total. The van der Waals surface area contributed by atoms with Crippen LogP contribution in [0.2, 0.25) is 0 Å². The average Bonchev–Trinajstić information content (AvgIpc) is 2.92. The minimum atomic E-state index is -0.0470. The van der Waals surface area contributed by atoms with Gasteiger partial charge in [0.2, 0.25) is 5.91 Å². The van der Waals surface area contributed by atoms with Gasteiger partial charge in [0, 0.05) is 43.9 Å². The molecule has 6 heteroatoms. The summed E-state index contributed by atoms with van der Waals surface area (Å²) >= 11 is 0. The number of imidazole rings is 1. The van der Waals surface area contributed by atoms with Crippen molar-refractivity contribution >= 4 is 11.6 Å². The van der Waals surface area contributed by atoms with Crippen LogP contribution in [0, 0.1) is 0 Å². The van der Waals surface area contributed by atoms with Crippen molar-refractivity contribution in [1.29, 1.82) is 0 Å². The molecule has 0 aliphatic heterocycles. The molecule has 0 unspecified atom stereocenters. The number of benzene rings is 1. The smallest absolute Gasteiger partial charge is 0.239 e. The first kappa shape index (κ1) is 15.1.